The van der Waals surface area contributed by atoms with Gasteiger partial charge in [0.15, 0.2) is 17.2 Å². The van der Waals surface area contributed by atoms with Gasteiger partial charge in [-0.3, -0.25) is 14.9 Å². The minimum Gasteiger partial charge on any atom is -0.466 e. The molecule has 0 fully saturated rings. The predicted octanol–water partition coefficient (Wildman–Crippen LogP) is 2.94. The van der Waals surface area contributed by atoms with E-state index < -0.39 is 16.6 Å². The third-order valence-electron chi connectivity index (χ3n) is 2.93. The number of esters is 1. The van der Waals surface area contributed by atoms with Gasteiger partial charge >= 0.3 is 5.97 Å². The summed E-state index contributed by atoms with van der Waals surface area (Å²) >= 11 is 11.8. The van der Waals surface area contributed by atoms with E-state index in [4.69, 9.17) is 32.7 Å². The zero-order chi connectivity index (χ0) is 15.6. The van der Waals surface area contributed by atoms with Crippen LogP contribution in [0.25, 0.3) is 0 Å². The fraction of sp³-hybridized carbons (Fsp3) is 0.417. The molecule has 9 heteroatoms. The van der Waals surface area contributed by atoms with E-state index in [0.29, 0.717) is 0 Å². The van der Waals surface area contributed by atoms with Gasteiger partial charge in [-0.2, -0.15) is 0 Å². The van der Waals surface area contributed by atoms with Crippen LogP contribution in [0.15, 0.2) is 12.1 Å². The molecule has 0 spiro atoms. The molecule has 1 aliphatic rings. The maximum atomic E-state index is 11.1. The fourth-order valence-corrected chi connectivity index (χ4v) is 2.44. The number of anilines is 1. The molecule has 1 aromatic rings. The number of alkyl halides is 1. The van der Waals surface area contributed by atoms with Crippen molar-refractivity contribution in [3.8, 4) is 5.75 Å². The number of carbonyl (C=O) groups is 1. The molecule has 114 valence electrons. The molecule has 21 heavy (non-hydrogen) atoms. The molecule has 0 saturated heterocycles. The highest BCUT2D eigenvalue weighted by atomic mass is 35.5. The summed E-state index contributed by atoms with van der Waals surface area (Å²) in [6.45, 7) is 1.36. The maximum absolute atomic E-state index is 11.1. The third kappa shape index (κ3) is 3.30. The number of nitro benzene ring substituents is 1. The Labute approximate surface area is 130 Å². The number of hydrogen-bond donors (Lipinski definition) is 1. The smallest absolute Gasteiger partial charge is 0.302 e. The van der Waals surface area contributed by atoms with Gasteiger partial charge in [-0.1, -0.05) is 11.6 Å². The van der Waals surface area contributed by atoms with E-state index >= 15 is 0 Å². The Morgan fingerprint density at radius 2 is 2.29 bits per heavy atom. The first-order valence-electron chi connectivity index (χ1n) is 6.01. The van der Waals surface area contributed by atoms with Crippen LogP contribution in [0.3, 0.4) is 0 Å². The van der Waals surface area contributed by atoms with E-state index in [0.717, 1.165) is 0 Å². The van der Waals surface area contributed by atoms with Crippen LogP contribution in [0.1, 0.15) is 13.3 Å². The number of hydrogen-bond acceptors (Lipinski definition) is 6. The molecule has 2 rings (SSSR count). The number of nitro groups is 1. The third-order valence-corrected chi connectivity index (χ3v) is 3.58. The molecule has 1 N–H and O–H groups in total. The van der Waals surface area contributed by atoms with E-state index in [1.165, 1.54) is 19.1 Å². The number of carbonyl (C=O) groups excluding carboxylic acids is 1. The molecule has 7 nitrogen and oxygen atoms in total. The molecule has 0 aliphatic carbocycles. The van der Waals surface area contributed by atoms with Gasteiger partial charge in [-0.15, -0.1) is 11.6 Å². The van der Waals surface area contributed by atoms with Gasteiger partial charge in [0, 0.05) is 25.5 Å². The van der Waals surface area contributed by atoms with Crippen molar-refractivity contribution in [2.24, 2.45) is 0 Å². The van der Waals surface area contributed by atoms with Crippen molar-refractivity contribution in [1.82, 2.24) is 0 Å². The zero-order valence-electron chi connectivity index (χ0n) is 11.0. The first kappa shape index (κ1) is 15.7. The molecule has 0 radical (unpaired) electrons. The van der Waals surface area contributed by atoms with Crippen molar-refractivity contribution in [1.29, 1.82) is 0 Å². The Morgan fingerprint density at radius 3 is 2.86 bits per heavy atom. The van der Waals surface area contributed by atoms with Crippen molar-refractivity contribution in [3.63, 3.8) is 0 Å². The SMILES string of the molecule is CC(=O)OCCC1(CCl)Nc2c(cc(Cl)cc2[N+](=O)[O-])O1. The summed E-state index contributed by atoms with van der Waals surface area (Å²) in [5.41, 5.74) is -1.06. The normalized spacial score (nSPS) is 19.4. The van der Waals surface area contributed by atoms with Crippen molar-refractivity contribution < 1.29 is 19.2 Å². The second-order valence-electron chi connectivity index (χ2n) is 4.50. The number of nitrogens with zero attached hydrogens (tertiary/aromatic N) is 1. The number of benzene rings is 1. The van der Waals surface area contributed by atoms with Crippen LogP contribution in [-0.2, 0) is 9.53 Å². The highest BCUT2D eigenvalue weighted by molar-refractivity contribution is 6.31. The Morgan fingerprint density at radius 1 is 1.57 bits per heavy atom. The van der Waals surface area contributed by atoms with Crippen LogP contribution in [-0.4, -0.2) is 29.1 Å². The number of ether oxygens (including phenoxy) is 2. The van der Waals surface area contributed by atoms with Crippen LogP contribution in [0, 0.1) is 10.1 Å². The second kappa shape index (κ2) is 5.95. The van der Waals surface area contributed by atoms with E-state index in [2.05, 4.69) is 5.32 Å². The van der Waals surface area contributed by atoms with Crippen LogP contribution < -0.4 is 10.1 Å². The predicted molar refractivity (Wildman–Crippen MR) is 77.1 cm³/mol. The number of rotatable bonds is 5. The molecule has 1 aliphatic heterocycles. The van der Waals surface area contributed by atoms with Crippen molar-refractivity contribution in [2.75, 3.05) is 17.8 Å². The lowest BCUT2D eigenvalue weighted by molar-refractivity contribution is -0.383. The minimum absolute atomic E-state index is 0.0116. The summed E-state index contributed by atoms with van der Waals surface area (Å²) in [5.74, 6) is -0.167. The summed E-state index contributed by atoms with van der Waals surface area (Å²) in [5, 5.41) is 14.2. The number of fused-ring (bicyclic) bond motifs is 1. The Balaban J connectivity index is 2.25. The largest absolute Gasteiger partial charge is 0.466 e. The van der Waals surface area contributed by atoms with Crippen molar-refractivity contribution >= 4 is 40.5 Å². The van der Waals surface area contributed by atoms with Gasteiger partial charge in [0.05, 0.1) is 22.4 Å². The summed E-state index contributed by atoms with van der Waals surface area (Å²) in [4.78, 5) is 21.3. The van der Waals surface area contributed by atoms with Gasteiger partial charge < -0.3 is 14.8 Å². The lowest BCUT2D eigenvalue weighted by Crippen LogP contribution is -2.43. The fourth-order valence-electron chi connectivity index (χ4n) is 1.98. The number of halogens is 2. The molecule has 1 aromatic carbocycles. The van der Waals surface area contributed by atoms with Crippen LogP contribution >= 0.6 is 23.2 Å². The van der Waals surface area contributed by atoms with Gasteiger partial charge in [-0.05, 0) is 0 Å². The average molecular weight is 335 g/mol. The molecule has 0 saturated carbocycles. The Hall–Kier alpha value is -1.73. The van der Waals surface area contributed by atoms with Crippen LogP contribution in [0.5, 0.6) is 5.75 Å². The molecular formula is C12H12Cl2N2O5. The van der Waals surface area contributed by atoms with Gasteiger partial charge in [0.1, 0.15) is 0 Å². The average Bonchev–Trinajstić information content (AvgIpc) is 2.76. The standard InChI is InChI=1S/C12H12Cl2N2O5/c1-7(17)20-3-2-12(6-13)15-11-9(16(18)19)4-8(14)5-10(11)21-12/h4-5,15H,2-3,6H2,1H3. The Kier molecular flexibility index (Phi) is 4.43. The summed E-state index contributed by atoms with van der Waals surface area (Å²) in [6.07, 6.45) is 0.236. The van der Waals surface area contributed by atoms with Gasteiger partial charge in [0.25, 0.3) is 5.69 Å². The summed E-state index contributed by atoms with van der Waals surface area (Å²) < 4.78 is 10.5. The van der Waals surface area contributed by atoms with E-state index in [1.807, 2.05) is 0 Å². The quantitative estimate of drug-likeness (QED) is 0.385. The maximum Gasteiger partial charge on any atom is 0.302 e. The van der Waals surface area contributed by atoms with Crippen molar-refractivity contribution in [2.45, 2.75) is 19.1 Å². The van der Waals surface area contributed by atoms with Gasteiger partial charge in [0.2, 0.25) is 0 Å². The first-order chi connectivity index (χ1) is 9.87. The van der Waals surface area contributed by atoms with E-state index in [1.54, 1.807) is 0 Å². The monoisotopic (exact) mass is 334 g/mol. The van der Waals surface area contributed by atoms with Crippen LogP contribution in [0.2, 0.25) is 5.02 Å². The molecule has 0 amide bonds. The topological polar surface area (TPSA) is 90.7 Å². The number of nitrogens with one attached hydrogen (secondary N) is 1. The van der Waals surface area contributed by atoms with Gasteiger partial charge in [-0.25, -0.2) is 0 Å². The highest BCUT2D eigenvalue weighted by Gasteiger charge is 2.42. The summed E-state index contributed by atoms with van der Waals surface area (Å²) in [6, 6.07) is 2.70. The molecule has 0 bridgehead atoms. The van der Waals surface area contributed by atoms with Crippen molar-refractivity contribution in [3.05, 3.63) is 27.3 Å². The highest BCUT2D eigenvalue weighted by Crippen LogP contribution is 2.46. The van der Waals surface area contributed by atoms with E-state index in [9.17, 15) is 14.9 Å². The first-order valence-corrected chi connectivity index (χ1v) is 6.92. The Bertz CT molecular complexity index is 595. The zero-order valence-corrected chi connectivity index (χ0v) is 12.5. The molecule has 0 aromatic heterocycles. The molecular weight excluding hydrogens is 323 g/mol. The molecule has 1 unspecified atom stereocenters. The minimum atomic E-state index is -1.07. The molecule has 1 atom stereocenters. The lowest BCUT2D eigenvalue weighted by Gasteiger charge is -2.26. The molecule has 1 heterocycles. The second-order valence-corrected chi connectivity index (χ2v) is 5.20. The van der Waals surface area contributed by atoms with Crippen LogP contribution in [0.4, 0.5) is 11.4 Å². The summed E-state index contributed by atoms with van der Waals surface area (Å²) in [7, 11) is 0. The van der Waals surface area contributed by atoms with E-state index in [-0.39, 0.29) is 41.1 Å². The lowest BCUT2D eigenvalue weighted by atomic mass is 10.2.